The third kappa shape index (κ3) is 2.37. The molecule has 0 saturated heterocycles. The highest BCUT2D eigenvalue weighted by molar-refractivity contribution is 6.33. The Labute approximate surface area is 121 Å². The Morgan fingerprint density at radius 1 is 1.20 bits per heavy atom. The van der Waals surface area contributed by atoms with Crippen LogP contribution < -0.4 is 5.32 Å². The number of benzene rings is 2. The first-order valence-corrected chi connectivity index (χ1v) is 6.75. The number of aryl methyl sites for hydroxylation is 1. The van der Waals surface area contributed by atoms with E-state index < -0.39 is 0 Å². The number of hydrogen-bond donors (Lipinski definition) is 1. The van der Waals surface area contributed by atoms with Gasteiger partial charge >= 0.3 is 0 Å². The molecule has 102 valence electrons. The van der Waals surface area contributed by atoms with E-state index in [1.165, 1.54) is 28.6 Å². The molecule has 0 aliphatic carbocycles. The first kappa shape index (κ1) is 13.0. The molecule has 0 aliphatic heterocycles. The summed E-state index contributed by atoms with van der Waals surface area (Å²) < 4.78 is 15.1. The molecule has 1 heterocycles. The van der Waals surface area contributed by atoms with Crippen LogP contribution in [0.25, 0.3) is 10.9 Å². The lowest BCUT2D eigenvalue weighted by molar-refractivity contribution is 0.628. The summed E-state index contributed by atoms with van der Waals surface area (Å²) in [6.45, 7) is 0.646. The van der Waals surface area contributed by atoms with Crippen molar-refractivity contribution in [3.8, 4) is 0 Å². The molecule has 0 unspecified atom stereocenters. The number of anilines is 1. The fourth-order valence-corrected chi connectivity index (χ4v) is 2.62. The van der Waals surface area contributed by atoms with Gasteiger partial charge in [0.05, 0.1) is 10.7 Å². The van der Waals surface area contributed by atoms with Gasteiger partial charge in [0.1, 0.15) is 5.82 Å². The number of rotatable bonds is 3. The lowest BCUT2D eigenvalue weighted by atomic mass is 10.2. The summed E-state index contributed by atoms with van der Waals surface area (Å²) in [5.74, 6) is -0.328. The van der Waals surface area contributed by atoms with Crippen LogP contribution in [0.5, 0.6) is 0 Å². The molecule has 0 fully saturated rings. The van der Waals surface area contributed by atoms with Crippen LogP contribution >= 0.6 is 11.6 Å². The minimum Gasteiger partial charge on any atom is -0.380 e. The molecule has 2 aromatic carbocycles. The molecule has 1 aromatic heterocycles. The van der Waals surface area contributed by atoms with Gasteiger partial charge in [-0.2, -0.15) is 0 Å². The van der Waals surface area contributed by atoms with Crippen molar-refractivity contribution in [2.24, 2.45) is 7.05 Å². The number of nitrogens with zero attached hydrogens (tertiary/aromatic N) is 1. The van der Waals surface area contributed by atoms with E-state index >= 15 is 0 Å². The predicted octanol–water partition coefficient (Wildman–Crippen LogP) is 4.58. The third-order valence-electron chi connectivity index (χ3n) is 3.38. The van der Waals surface area contributed by atoms with Gasteiger partial charge in [-0.05, 0) is 29.8 Å². The van der Waals surface area contributed by atoms with Gasteiger partial charge in [0.15, 0.2) is 0 Å². The van der Waals surface area contributed by atoms with Crippen LogP contribution in [0, 0.1) is 5.82 Å². The van der Waals surface area contributed by atoms with E-state index in [0.29, 0.717) is 11.6 Å². The van der Waals surface area contributed by atoms with Crippen molar-refractivity contribution in [2.75, 3.05) is 5.32 Å². The summed E-state index contributed by atoms with van der Waals surface area (Å²) >= 11 is 6.01. The van der Waals surface area contributed by atoms with Crippen molar-refractivity contribution >= 4 is 28.2 Å². The van der Waals surface area contributed by atoms with Gasteiger partial charge in [0.2, 0.25) is 0 Å². The third-order valence-corrected chi connectivity index (χ3v) is 3.69. The van der Waals surface area contributed by atoms with Crippen molar-refractivity contribution < 1.29 is 4.39 Å². The smallest absolute Gasteiger partial charge is 0.124 e. The Hall–Kier alpha value is -2.00. The quantitative estimate of drug-likeness (QED) is 0.746. The average Bonchev–Trinajstić information content (AvgIpc) is 2.75. The van der Waals surface area contributed by atoms with Gasteiger partial charge in [-0.1, -0.05) is 29.8 Å². The molecule has 20 heavy (non-hydrogen) atoms. The molecule has 2 nitrogen and oxygen atoms in total. The molecule has 0 atom stereocenters. The van der Waals surface area contributed by atoms with Crippen molar-refractivity contribution in [1.29, 1.82) is 0 Å². The molecule has 3 rings (SSSR count). The number of fused-ring (bicyclic) bond motifs is 1. The van der Waals surface area contributed by atoms with E-state index in [1.54, 1.807) is 6.07 Å². The Kier molecular flexibility index (Phi) is 3.36. The minimum absolute atomic E-state index is 0.328. The maximum absolute atomic E-state index is 13.0. The molecule has 0 aliphatic rings. The molecule has 0 radical (unpaired) electrons. The van der Waals surface area contributed by atoms with Crippen molar-refractivity contribution in [2.45, 2.75) is 6.54 Å². The normalized spacial score (nSPS) is 10.9. The van der Waals surface area contributed by atoms with Gasteiger partial charge in [-0.15, -0.1) is 0 Å². The minimum atomic E-state index is -0.328. The second-order valence-electron chi connectivity index (χ2n) is 4.76. The number of aromatic nitrogens is 1. The van der Waals surface area contributed by atoms with Gasteiger partial charge in [-0.3, -0.25) is 0 Å². The highest BCUT2D eigenvalue weighted by atomic mass is 35.5. The highest BCUT2D eigenvalue weighted by Gasteiger charge is 2.07. The number of para-hydroxylation sites is 1. The van der Waals surface area contributed by atoms with E-state index in [4.69, 9.17) is 11.6 Å². The molecule has 0 spiro atoms. The van der Waals surface area contributed by atoms with Crippen LogP contribution in [0.4, 0.5) is 10.1 Å². The van der Waals surface area contributed by atoms with E-state index in [2.05, 4.69) is 28.2 Å². The average molecular weight is 289 g/mol. The zero-order chi connectivity index (χ0) is 14.1. The van der Waals surface area contributed by atoms with Gasteiger partial charge in [0, 0.05) is 30.7 Å². The summed E-state index contributed by atoms with van der Waals surface area (Å²) in [6.07, 6.45) is 2.09. The molecule has 0 saturated carbocycles. The van der Waals surface area contributed by atoms with E-state index in [9.17, 15) is 4.39 Å². The largest absolute Gasteiger partial charge is 0.380 e. The van der Waals surface area contributed by atoms with Crippen LogP contribution in [0.15, 0.2) is 48.7 Å². The van der Waals surface area contributed by atoms with Crippen molar-refractivity contribution in [1.82, 2.24) is 4.57 Å². The Morgan fingerprint density at radius 3 is 2.80 bits per heavy atom. The fourth-order valence-electron chi connectivity index (χ4n) is 2.39. The molecule has 0 amide bonds. The summed E-state index contributed by atoms with van der Waals surface area (Å²) in [5.41, 5.74) is 3.11. The first-order chi connectivity index (χ1) is 9.65. The maximum Gasteiger partial charge on any atom is 0.124 e. The Morgan fingerprint density at radius 2 is 2.00 bits per heavy atom. The molecule has 3 aromatic rings. The second-order valence-corrected chi connectivity index (χ2v) is 5.17. The zero-order valence-electron chi connectivity index (χ0n) is 11.0. The van der Waals surface area contributed by atoms with Crippen LogP contribution in [0.2, 0.25) is 5.02 Å². The predicted molar refractivity (Wildman–Crippen MR) is 81.7 cm³/mol. The molecular formula is C16H14ClFN2. The summed E-state index contributed by atoms with van der Waals surface area (Å²) in [6, 6.07) is 12.6. The number of nitrogens with one attached hydrogen (secondary N) is 1. The summed E-state index contributed by atoms with van der Waals surface area (Å²) in [4.78, 5) is 0. The highest BCUT2D eigenvalue weighted by Crippen LogP contribution is 2.25. The zero-order valence-corrected chi connectivity index (χ0v) is 11.8. The maximum atomic E-state index is 13.0. The first-order valence-electron chi connectivity index (χ1n) is 6.37. The lowest BCUT2D eigenvalue weighted by Gasteiger charge is -2.07. The summed E-state index contributed by atoms with van der Waals surface area (Å²) in [5, 5.41) is 4.85. The molecule has 1 N–H and O–H groups in total. The number of hydrogen-bond acceptors (Lipinski definition) is 1. The van der Waals surface area contributed by atoms with E-state index in [-0.39, 0.29) is 5.82 Å². The van der Waals surface area contributed by atoms with Crippen molar-refractivity contribution in [3.05, 3.63) is 65.1 Å². The van der Waals surface area contributed by atoms with E-state index in [1.807, 2.05) is 19.2 Å². The van der Waals surface area contributed by atoms with Crippen LogP contribution in [-0.2, 0) is 13.6 Å². The SMILES string of the molecule is Cn1cc(CNc2ccc(F)cc2Cl)c2ccccc21. The lowest BCUT2D eigenvalue weighted by Crippen LogP contribution is -1.99. The van der Waals surface area contributed by atoms with Crippen LogP contribution in [0.3, 0.4) is 0 Å². The monoisotopic (exact) mass is 288 g/mol. The Balaban J connectivity index is 1.87. The topological polar surface area (TPSA) is 17.0 Å². The summed E-state index contributed by atoms with van der Waals surface area (Å²) in [7, 11) is 2.02. The molecule has 0 bridgehead atoms. The number of halogens is 2. The van der Waals surface area contributed by atoms with Crippen molar-refractivity contribution in [3.63, 3.8) is 0 Å². The van der Waals surface area contributed by atoms with Gasteiger partial charge in [-0.25, -0.2) is 4.39 Å². The van der Waals surface area contributed by atoms with Gasteiger partial charge < -0.3 is 9.88 Å². The van der Waals surface area contributed by atoms with Crippen LogP contribution in [0.1, 0.15) is 5.56 Å². The Bertz CT molecular complexity index is 764. The molecular weight excluding hydrogens is 275 g/mol. The van der Waals surface area contributed by atoms with E-state index in [0.717, 1.165) is 5.69 Å². The fraction of sp³-hybridized carbons (Fsp3) is 0.125. The van der Waals surface area contributed by atoms with Gasteiger partial charge in [0.25, 0.3) is 0 Å². The molecule has 4 heteroatoms. The van der Waals surface area contributed by atoms with Crippen LogP contribution in [-0.4, -0.2) is 4.57 Å². The standard InChI is InChI=1S/C16H14ClFN2/c1-20-10-11(13-4-2-3-5-16(13)20)9-19-15-7-6-12(18)8-14(15)17/h2-8,10,19H,9H2,1H3. The second kappa shape index (κ2) is 5.17.